The van der Waals surface area contributed by atoms with Crippen molar-refractivity contribution in [2.75, 3.05) is 25.4 Å². The van der Waals surface area contributed by atoms with Gasteiger partial charge >= 0.3 is 0 Å². The number of nitrogens with one attached hydrogen (secondary N) is 1. The standard InChI is InChI=1S/C23H28ClFN2OS/c1-17-4-3-12-27(14-17)15-18-7-9-19(10-8-18)23(28)26-11-13-29-16-20-21(24)5-2-6-22(20)25/h2,5-10,17H,3-4,11-16H2,1H3,(H,26,28)/t17-/m0/s1. The Hall–Kier alpha value is -1.56. The molecule has 1 N–H and O–H groups in total. The highest BCUT2D eigenvalue weighted by Gasteiger charge is 2.16. The Balaban J connectivity index is 1.39. The number of thioether (sulfide) groups is 1. The Morgan fingerprint density at radius 2 is 2.07 bits per heavy atom. The third-order valence-corrected chi connectivity index (χ3v) is 6.54. The fourth-order valence-electron chi connectivity index (χ4n) is 3.63. The molecule has 0 aliphatic carbocycles. The van der Waals surface area contributed by atoms with E-state index in [1.165, 1.54) is 24.5 Å². The Morgan fingerprint density at radius 1 is 1.28 bits per heavy atom. The number of piperidine rings is 1. The summed E-state index contributed by atoms with van der Waals surface area (Å²) in [6.45, 7) is 6.09. The molecule has 156 valence electrons. The van der Waals surface area contributed by atoms with Crippen LogP contribution in [0.15, 0.2) is 42.5 Å². The number of amides is 1. The molecular weight excluding hydrogens is 407 g/mol. The molecule has 1 aliphatic heterocycles. The molecule has 1 heterocycles. The minimum Gasteiger partial charge on any atom is -0.351 e. The van der Waals surface area contributed by atoms with Gasteiger partial charge in [-0.05, 0) is 55.1 Å². The fourth-order valence-corrected chi connectivity index (χ4v) is 4.83. The maximum Gasteiger partial charge on any atom is 0.251 e. The normalized spacial score (nSPS) is 17.3. The zero-order chi connectivity index (χ0) is 20.6. The summed E-state index contributed by atoms with van der Waals surface area (Å²) in [4.78, 5) is 14.8. The molecule has 0 saturated carbocycles. The second-order valence-corrected chi connectivity index (χ2v) is 9.20. The van der Waals surface area contributed by atoms with Crippen molar-refractivity contribution in [1.29, 1.82) is 0 Å². The predicted octanol–water partition coefficient (Wildman–Crippen LogP) is 5.37. The van der Waals surface area contributed by atoms with E-state index in [-0.39, 0.29) is 11.7 Å². The Kier molecular flexibility index (Phi) is 8.40. The highest BCUT2D eigenvalue weighted by atomic mass is 35.5. The lowest BCUT2D eigenvalue weighted by molar-refractivity contribution is 0.0956. The van der Waals surface area contributed by atoms with Crippen molar-refractivity contribution in [3.63, 3.8) is 0 Å². The topological polar surface area (TPSA) is 32.3 Å². The van der Waals surface area contributed by atoms with Crippen LogP contribution in [0.1, 0.15) is 41.3 Å². The SMILES string of the molecule is C[C@H]1CCCN(Cc2ccc(C(=O)NCCSCc3c(F)cccc3Cl)cc2)C1. The summed E-state index contributed by atoms with van der Waals surface area (Å²) in [6.07, 6.45) is 2.59. The molecule has 0 unspecified atom stereocenters. The van der Waals surface area contributed by atoms with Crippen molar-refractivity contribution in [2.45, 2.75) is 32.1 Å². The van der Waals surface area contributed by atoms with E-state index in [4.69, 9.17) is 11.6 Å². The van der Waals surface area contributed by atoms with Crippen molar-refractivity contribution in [3.8, 4) is 0 Å². The first-order chi connectivity index (χ1) is 14.0. The number of hydrogen-bond acceptors (Lipinski definition) is 3. The highest BCUT2D eigenvalue weighted by Crippen LogP contribution is 2.23. The molecule has 0 aromatic heterocycles. The Bertz CT molecular complexity index is 795. The van der Waals surface area contributed by atoms with Crippen molar-refractivity contribution in [2.24, 2.45) is 5.92 Å². The van der Waals surface area contributed by atoms with Gasteiger partial charge in [0.2, 0.25) is 0 Å². The first kappa shape index (κ1) is 22.1. The van der Waals surface area contributed by atoms with Crippen LogP contribution in [-0.2, 0) is 12.3 Å². The third kappa shape index (κ3) is 6.73. The van der Waals surface area contributed by atoms with Gasteiger partial charge in [-0.3, -0.25) is 9.69 Å². The number of nitrogens with zero attached hydrogens (tertiary/aromatic N) is 1. The third-order valence-electron chi connectivity index (χ3n) is 5.20. The molecule has 0 bridgehead atoms. The highest BCUT2D eigenvalue weighted by molar-refractivity contribution is 7.98. The molecule has 1 saturated heterocycles. The maximum atomic E-state index is 13.7. The van der Waals surface area contributed by atoms with Gasteiger partial charge in [-0.15, -0.1) is 0 Å². The second-order valence-electron chi connectivity index (χ2n) is 7.69. The number of rotatable bonds is 8. The zero-order valence-electron chi connectivity index (χ0n) is 16.8. The average molecular weight is 435 g/mol. The van der Waals surface area contributed by atoms with Crippen LogP contribution in [0, 0.1) is 11.7 Å². The summed E-state index contributed by atoms with van der Waals surface area (Å²) in [5.74, 6) is 1.59. The molecule has 3 nitrogen and oxygen atoms in total. The molecule has 1 atom stereocenters. The van der Waals surface area contributed by atoms with Gasteiger partial charge in [-0.1, -0.05) is 36.7 Å². The number of benzene rings is 2. The van der Waals surface area contributed by atoms with Crippen LogP contribution in [0.4, 0.5) is 4.39 Å². The van der Waals surface area contributed by atoms with Gasteiger partial charge in [-0.25, -0.2) is 4.39 Å². The van der Waals surface area contributed by atoms with Crippen LogP contribution in [-0.4, -0.2) is 36.2 Å². The van der Waals surface area contributed by atoms with Gasteiger partial charge in [0.25, 0.3) is 5.91 Å². The molecule has 2 aromatic rings. The summed E-state index contributed by atoms with van der Waals surface area (Å²) >= 11 is 7.58. The molecule has 2 aromatic carbocycles. The summed E-state index contributed by atoms with van der Waals surface area (Å²) in [7, 11) is 0. The Labute approximate surface area is 182 Å². The molecule has 6 heteroatoms. The van der Waals surface area contributed by atoms with E-state index in [1.807, 2.05) is 24.3 Å². The number of carbonyl (C=O) groups excluding carboxylic acids is 1. The Morgan fingerprint density at radius 3 is 2.79 bits per heavy atom. The number of hydrogen-bond donors (Lipinski definition) is 1. The molecule has 1 fully saturated rings. The zero-order valence-corrected chi connectivity index (χ0v) is 18.4. The number of likely N-dealkylation sites (tertiary alicyclic amines) is 1. The van der Waals surface area contributed by atoms with Crippen LogP contribution in [0.25, 0.3) is 0 Å². The largest absolute Gasteiger partial charge is 0.351 e. The molecule has 3 rings (SSSR count). The minimum absolute atomic E-state index is 0.0762. The fraction of sp³-hybridized carbons (Fsp3) is 0.435. The summed E-state index contributed by atoms with van der Waals surface area (Å²) in [6, 6.07) is 12.6. The van der Waals surface area contributed by atoms with Crippen LogP contribution in [0.5, 0.6) is 0 Å². The molecular formula is C23H28ClFN2OS. The predicted molar refractivity (Wildman–Crippen MR) is 120 cm³/mol. The maximum absolute atomic E-state index is 13.7. The average Bonchev–Trinajstić information content (AvgIpc) is 2.70. The van der Waals surface area contributed by atoms with Gasteiger partial charge in [0, 0.05) is 47.3 Å². The van der Waals surface area contributed by atoms with Gasteiger partial charge in [0.1, 0.15) is 5.82 Å². The van der Waals surface area contributed by atoms with Gasteiger partial charge in [0.15, 0.2) is 0 Å². The molecule has 0 spiro atoms. The van der Waals surface area contributed by atoms with E-state index >= 15 is 0 Å². The lowest BCUT2D eigenvalue weighted by Gasteiger charge is -2.30. The van der Waals surface area contributed by atoms with E-state index in [9.17, 15) is 9.18 Å². The van der Waals surface area contributed by atoms with E-state index in [2.05, 4.69) is 17.1 Å². The molecule has 0 radical (unpaired) electrons. The van der Waals surface area contributed by atoms with Crippen LogP contribution in [0.2, 0.25) is 5.02 Å². The van der Waals surface area contributed by atoms with E-state index in [0.717, 1.165) is 25.6 Å². The minimum atomic E-state index is -0.284. The second kappa shape index (κ2) is 11.0. The molecule has 1 aliphatic rings. The number of halogens is 2. The van der Waals surface area contributed by atoms with Crippen molar-refractivity contribution in [3.05, 3.63) is 70.0 Å². The first-order valence-electron chi connectivity index (χ1n) is 10.1. The van der Waals surface area contributed by atoms with E-state index < -0.39 is 0 Å². The van der Waals surface area contributed by atoms with Crippen LogP contribution >= 0.6 is 23.4 Å². The van der Waals surface area contributed by atoms with E-state index in [1.54, 1.807) is 23.9 Å². The number of carbonyl (C=O) groups is 1. The van der Waals surface area contributed by atoms with Gasteiger partial charge in [0.05, 0.1) is 0 Å². The van der Waals surface area contributed by atoms with Crippen molar-refractivity contribution in [1.82, 2.24) is 10.2 Å². The monoisotopic (exact) mass is 434 g/mol. The quantitative estimate of drug-likeness (QED) is 0.566. The smallest absolute Gasteiger partial charge is 0.251 e. The molecule has 29 heavy (non-hydrogen) atoms. The summed E-state index contributed by atoms with van der Waals surface area (Å²) in [5.41, 5.74) is 2.43. The molecule has 1 amide bonds. The summed E-state index contributed by atoms with van der Waals surface area (Å²) < 4.78 is 13.7. The van der Waals surface area contributed by atoms with Crippen molar-refractivity contribution < 1.29 is 9.18 Å². The van der Waals surface area contributed by atoms with Crippen LogP contribution in [0.3, 0.4) is 0 Å². The van der Waals surface area contributed by atoms with Crippen LogP contribution < -0.4 is 5.32 Å². The van der Waals surface area contributed by atoms with E-state index in [0.29, 0.717) is 34.2 Å². The van der Waals surface area contributed by atoms with Gasteiger partial charge in [-0.2, -0.15) is 11.8 Å². The summed E-state index contributed by atoms with van der Waals surface area (Å²) in [5, 5.41) is 3.37. The lowest BCUT2D eigenvalue weighted by Crippen LogP contribution is -2.33. The van der Waals surface area contributed by atoms with Crippen molar-refractivity contribution >= 4 is 29.3 Å². The van der Waals surface area contributed by atoms with Gasteiger partial charge < -0.3 is 5.32 Å². The lowest BCUT2D eigenvalue weighted by atomic mass is 9.99. The first-order valence-corrected chi connectivity index (χ1v) is 11.7.